The third-order valence-electron chi connectivity index (χ3n) is 6.14. The summed E-state index contributed by atoms with van der Waals surface area (Å²) in [5.41, 5.74) is 5.33. The second-order valence-electron chi connectivity index (χ2n) is 9.20. The first-order chi connectivity index (χ1) is 14.4. The van der Waals surface area contributed by atoms with E-state index in [1.165, 1.54) is 5.56 Å². The molecule has 2 atom stereocenters. The molecule has 2 N–H and O–H groups in total. The first kappa shape index (κ1) is 19.0. The van der Waals surface area contributed by atoms with Crippen molar-refractivity contribution in [2.24, 2.45) is 5.92 Å². The third kappa shape index (κ3) is 3.21. The summed E-state index contributed by atoms with van der Waals surface area (Å²) < 4.78 is 1.86. The number of aliphatic hydroxyl groups excluding tert-OH is 1. The average molecular weight is 402 g/mol. The van der Waals surface area contributed by atoms with E-state index in [1.807, 2.05) is 23.0 Å². The van der Waals surface area contributed by atoms with Crippen molar-refractivity contribution in [2.75, 3.05) is 6.61 Å². The number of fused-ring (bicyclic) bond motifs is 3. The fourth-order valence-electron chi connectivity index (χ4n) is 4.39. The minimum atomic E-state index is -0.691. The Morgan fingerprint density at radius 2 is 2.10 bits per heavy atom. The highest BCUT2D eigenvalue weighted by atomic mass is 16.3. The van der Waals surface area contributed by atoms with Crippen LogP contribution in [0.3, 0.4) is 0 Å². The maximum absolute atomic E-state index is 12.9. The molecule has 30 heavy (non-hydrogen) atoms. The van der Waals surface area contributed by atoms with Gasteiger partial charge in [0.25, 0.3) is 5.91 Å². The van der Waals surface area contributed by atoms with Gasteiger partial charge in [0.2, 0.25) is 0 Å². The van der Waals surface area contributed by atoms with Gasteiger partial charge >= 0.3 is 0 Å². The molecule has 0 unspecified atom stereocenters. The maximum atomic E-state index is 12.9. The Bertz CT molecular complexity index is 1130. The predicted molar refractivity (Wildman–Crippen MR) is 115 cm³/mol. The number of benzene rings is 1. The molecule has 0 spiro atoms. The van der Waals surface area contributed by atoms with Crippen LogP contribution in [-0.4, -0.2) is 37.9 Å². The summed E-state index contributed by atoms with van der Waals surface area (Å²) in [6, 6.07) is 12.4. The Labute approximate surface area is 176 Å². The summed E-state index contributed by atoms with van der Waals surface area (Å²) in [4.78, 5) is 17.6. The van der Waals surface area contributed by atoms with Gasteiger partial charge in [-0.1, -0.05) is 29.8 Å². The lowest BCUT2D eigenvalue weighted by Crippen LogP contribution is -2.46. The summed E-state index contributed by atoms with van der Waals surface area (Å²) in [6.07, 6.45) is 3.92. The van der Waals surface area contributed by atoms with Crippen molar-refractivity contribution in [3.63, 3.8) is 0 Å². The van der Waals surface area contributed by atoms with Gasteiger partial charge in [-0.2, -0.15) is 5.10 Å². The Hall–Kier alpha value is -2.99. The Kier molecular flexibility index (Phi) is 4.29. The minimum absolute atomic E-state index is 0.130. The van der Waals surface area contributed by atoms with Crippen molar-refractivity contribution in [1.82, 2.24) is 20.1 Å². The number of carbonyl (C=O) groups is 1. The third-order valence-corrected chi connectivity index (χ3v) is 6.14. The van der Waals surface area contributed by atoms with Gasteiger partial charge < -0.3 is 10.4 Å². The smallest absolute Gasteiger partial charge is 0.272 e. The summed E-state index contributed by atoms with van der Waals surface area (Å²) in [5, 5.41) is 17.1. The first-order valence-corrected chi connectivity index (χ1v) is 10.4. The van der Waals surface area contributed by atoms with E-state index < -0.39 is 5.54 Å². The fraction of sp³-hybridized carbons (Fsp3) is 0.375. The molecule has 2 aliphatic rings. The number of carbonyl (C=O) groups excluding carboxylic acids is 1. The van der Waals surface area contributed by atoms with Crippen molar-refractivity contribution >= 4 is 5.91 Å². The van der Waals surface area contributed by atoms with Crippen LogP contribution >= 0.6 is 0 Å². The molecular formula is C24H26N4O2. The molecule has 2 heterocycles. The largest absolute Gasteiger partial charge is 0.394 e. The van der Waals surface area contributed by atoms with E-state index in [2.05, 4.69) is 46.6 Å². The topological polar surface area (TPSA) is 80.0 Å². The highest BCUT2D eigenvalue weighted by Crippen LogP contribution is 2.57. The van der Waals surface area contributed by atoms with Crippen LogP contribution in [0.15, 0.2) is 42.6 Å². The summed E-state index contributed by atoms with van der Waals surface area (Å²) in [5.74, 6) is 1.59. The van der Waals surface area contributed by atoms with Crippen LogP contribution in [0.1, 0.15) is 53.5 Å². The van der Waals surface area contributed by atoms with E-state index in [0.717, 1.165) is 41.0 Å². The SMILES string of the molecule is Cc1cccc(-c2ccc(-n3nc(C(=O)NC(C)(C)CO)c4c3[C@H]3C[C@H]3C4)nc2)c1. The number of pyridine rings is 1. The van der Waals surface area contributed by atoms with Crippen LogP contribution in [-0.2, 0) is 6.42 Å². The second kappa shape index (κ2) is 6.77. The molecule has 1 saturated carbocycles. The fourth-order valence-corrected chi connectivity index (χ4v) is 4.39. The molecule has 6 heteroatoms. The molecule has 0 saturated heterocycles. The molecule has 154 valence electrons. The molecule has 6 nitrogen and oxygen atoms in total. The summed E-state index contributed by atoms with van der Waals surface area (Å²) in [6.45, 7) is 5.54. The number of amides is 1. The van der Waals surface area contributed by atoms with Crippen molar-refractivity contribution in [3.8, 4) is 16.9 Å². The normalized spacial score (nSPS) is 19.3. The van der Waals surface area contributed by atoms with Crippen LogP contribution in [0.5, 0.6) is 0 Å². The van der Waals surface area contributed by atoms with Gasteiger partial charge in [0.15, 0.2) is 11.5 Å². The number of hydrogen-bond donors (Lipinski definition) is 2. The van der Waals surface area contributed by atoms with E-state index in [4.69, 9.17) is 0 Å². The zero-order valence-corrected chi connectivity index (χ0v) is 17.5. The van der Waals surface area contributed by atoms with E-state index >= 15 is 0 Å². The lowest BCUT2D eigenvalue weighted by molar-refractivity contribution is 0.0863. The lowest BCUT2D eigenvalue weighted by Gasteiger charge is -2.23. The van der Waals surface area contributed by atoms with Crippen LogP contribution in [0.25, 0.3) is 16.9 Å². The predicted octanol–water partition coefficient (Wildman–Crippen LogP) is 3.40. The van der Waals surface area contributed by atoms with Crippen molar-refractivity contribution < 1.29 is 9.90 Å². The number of rotatable bonds is 5. The van der Waals surface area contributed by atoms with Gasteiger partial charge in [0.1, 0.15) is 0 Å². The van der Waals surface area contributed by atoms with Gasteiger partial charge in [0, 0.05) is 23.2 Å². The van der Waals surface area contributed by atoms with Crippen LogP contribution in [0.2, 0.25) is 0 Å². The van der Waals surface area contributed by atoms with Gasteiger partial charge in [-0.3, -0.25) is 4.79 Å². The highest BCUT2D eigenvalue weighted by molar-refractivity contribution is 5.95. The van der Waals surface area contributed by atoms with Crippen LogP contribution < -0.4 is 5.32 Å². The second-order valence-corrected chi connectivity index (χ2v) is 9.20. The number of aryl methyl sites for hydroxylation is 1. The van der Waals surface area contributed by atoms with Crippen LogP contribution in [0, 0.1) is 12.8 Å². The molecule has 2 aromatic heterocycles. The molecule has 1 fully saturated rings. The van der Waals surface area contributed by atoms with Gasteiger partial charge in [0.05, 0.1) is 17.8 Å². The number of nitrogens with zero attached hydrogens (tertiary/aromatic N) is 3. The van der Waals surface area contributed by atoms with Crippen molar-refractivity contribution in [1.29, 1.82) is 0 Å². The zero-order chi connectivity index (χ0) is 21.0. The summed E-state index contributed by atoms with van der Waals surface area (Å²) >= 11 is 0. The maximum Gasteiger partial charge on any atom is 0.272 e. The Balaban J connectivity index is 1.50. The van der Waals surface area contributed by atoms with Crippen molar-refractivity contribution in [3.05, 3.63) is 65.1 Å². The summed E-state index contributed by atoms with van der Waals surface area (Å²) in [7, 11) is 0. The number of nitrogens with one attached hydrogen (secondary N) is 1. The van der Waals surface area contributed by atoms with Gasteiger partial charge in [-0.15, -0.1) is 0 Å². The number of hydrogen-bond acceptors (Lipinski definition) is 4. The molecule has 0 aliphatic heterocycles. The molecular weight excluding hydrogens is 376 g/mol. The van der Waals surface area contributed by atoms with Crippen molar-refractivity contribution in [2.45, 2.75) is 45.1 Å². The first-order valence-electron chi connectivity index (χ1n) is 10.4. The van der Waals surface area contributed by atoms with E-state index in [9.17, 15) is 9.90 Å². The molecule has 1 aromatic carbocycles. The number of aliphatic hydroxyl groups is 1. The monoisotopic (exact) mass is 402 g/mol. The zero-order valence-electron chi connectivity index (χ0n) is 17.5. The van der Waals surface area contributed by atoms with Crippen LogP contribution in [0.4, 0.5) is 0 Å². The quantitative estimate of drug-likeness (QED) is 0.685. The average Bonchev–Trinajstić information content (AvgIpc) is 3.23. The van der Waals surface area contributed by atoms with Gasteiger partial charge in [-0.05, 0) is 57.2 Å². The highest BCUT2D eigenvalue weighted by Gasteiger charge is 2.50. The Morgan fingerprint density at radius 1 is 1.27 bits per heavy atom. The van der Waals surface area contributed by atoms with E-state index in [-0.39, 0.29) is 12.5 Å². The van der Waals surface area contributed by atoms with Gasteiger partial charge in [-0.25, -0.2) is 9.67 Å². The molecule has 0 radical (unpaired) electrons. The molecule has 3 aromatic rings. The minimum Gasteiger partial charge on any atom is -0.394 e. The Morgan fingerprint density at radius 3 is 2.80 bits per heavy atom. The number of aromatic nitrogens is 3. The lowest BCUT2D eigenvalue weighted by atomic mass is 10.1. The van der Waals surface area contributed by atoms with E-state index in [0.29, 0.717) is 17.5 Å². The molecule has 0 bridgehead atoms. The standard InChI is InChI=1S/C24H26N4O2/c1-14-5-4-6-15(9-14)16-7-8-20(25-12-16)28-22-18-10-17(18)11-19(22)21(27-28)23(30)26-24(2,3)13-29/h4-9,12,17-18,29H,10-11,13H2,1-3H3,(H,26,30)/t17-,18-/m0/s1. The molecule has 5 rings (SSSR count). The molecule has 1 amide bonds. The molecule has 2 aliphatic carbocycles. The van der Waals surface area contributed by atoms with E-state index in [1.54, 1.807) is 13.8 Å².